The number of likely N-dealkylation sites (tertiary alicyclic amines) is 1. The lowest BCUT2D eigenvalue weighted by molar-refractivity contribution is -0.126. The highest BCUT2D eigenvalue weighted by atomic mass is 32.2. The number of nitrogens with zero attached hydrogens (tertiary/aromatic N) is 5. The van der Waals surface area contributed by atoms with Crippen molar-refractivity contribution >= 4 is 40.3 Å². The zero-order chi connectivity index (χ0) is 19.5. The minimum atomic E-state index is -0.00456. The molecule has 146 valence electrons. The number of carbonyl (C=O) groups is 1. The minimum Gasteiger partial charge on any atom is -0.346 e. The average molecular weight is 398 g/mol. The van der Waals surface area contributed by atoms with Crippen LogP contribution in [0.3, 0.4) is 0 Å². The summed E-state index contributed by atoms with van der Waals surface area (Å²) in [6.45, 7) is 7.94. The van der Waals surface area contributed by atoms with Gasteiger partial charge in [-0.2, -0.15) is 10.1 Å². The zero-order valence-corrected chi connectivity index (χ0v) is 16.6. The molecule has 1 aliphatic rings. The van der Waals surface area contributed by atoms with E-state index < -0.39 is 0 Å². The Bertz CT molecular complexity index is 995. The standard InChI is InChI=1S/C19H23N7OS/c1-3-16(27)25-9-5-6-14(12-25)28-18-15-7-8-20-17(15)23-19(24-18)22-13-10-21-26(4-2)11-13/h3,7-8,10-11,14H,1,4-6,9,12H2,2H3,(H2,20,22,23,24)/t14-/m1/s1. The second-order valence-corrected chi connectivity index (χ2v) is 7.96. The number of carbonyl (C=O) groups excluding carboxylic acids is 1. The van der Waals surface area contributed by atoms with Gasteiger partial charge >= 0.3 is 0 Å². The SMILES string of the molecule is C=CC(=O)N1CCC[C@@H](Sc2nc(Nc3cnn(CC)c3)nc3[nH]ccc23)C1. The second kappa shape index (κ2) is 8.05. The summed E-state index contributed by atoms with van der Waals surface area (Å²) in [6, 6.07) is 1.99. The number of aromatic nitrogens is 5. The van der Waals surface area contributed by atoms with Gasteiger partial charge < -0.3 is 15.2 Å². The van der Waals surface area contributed by atoms with Gasteiger partial charge in [0.2, 0.25) is 11.9 Å². The average Bonchev–Trinajstić information content (AvgIpc) is 3.37. The summed E-state index contributed by atoms with van der Waals surface area (Å²) in [4.78, 5) is 26.3. The lowest BCUT2D eigenvalue weighted by atomic mass is 10.1. The van der Waals surface area contributed by atoms with Gasteiger partial charge in [0.15, 0.2) is 0 Å². The summed E-state index contributed by atoms with van der Waals surface area (Å²) in [5.74, 6) is 0.526. The summed E-state index contributed by atoms with van der Waals surface area (Å²) in [6.07, 6.45) is 8.98. The van der Waals surface area contributed by atoms with Gasteiger partial charge in [0.25, 0.3) is 0 Å². The molecule has 2 N–H and O–H groups in total. The third-order valence-corrected chi connectivity index (χ3v) is 5.99. The Balaban J connectivity index is 1.56. The minimum absolute atomic E-state index is 0.00456. The van der Waals surface area contributed by atoms with E-state index in [1.807, 2.05) is 35.0 Å². The first-order valence-electron chi connectivity index (χ1n) is 9.39. The van der Waals surface area contributed by atoms with Crippen molar-refractivity contribution in [3.63, 3.8) is 0 Å². The number of thioether (sulfide) groups is 1. The first-order valence-corrected chi connectivity index (χ1v) is 10.3. The summed E-state index contributed by atoms with van der Waals surface area (Å²) in [5.41, 5.74) is 1.64. The van der Waals surface area contributed by atoms with Crippen molar-refractivity contribution in [1.29, 1.82) is 0 Å². The number of fused-ring (bicyclic) bond motifs is 1. The molecule has 28 heavy (non-hydrogen) atoms. The summed E-state index contributed by atoms with van der Waals surface area (Å²) < 4.78 is 1.85. The third-order valence-electron chi connectivity index (χ3n) is 4.74. The van der Waals surface area contributed by atoms with Gasteiger partial charge in [0, 0.05) is 37.3 Å². The molecule has 0 aromatic carbocycles. The lowest BCUT2D eigenvalue weighted by Crippen LogP contribution is -2.40. The van der Waals surface area contributed by atoms with Crippen molar-refractivity contribution < 1.29 is 4.79 Å². The fourth-order valence-corrected chi connectivity index (χ4v) is 4.60. The van der Waals surface area contributed by atoms with Crippen LogP contribution in [0.25, 0.3) is 11.0 Å². The molecule has 3 aromatic heterocycles. The summed E-state index contributed by atoms with van der Waals surface area (Å²) >= 11 is 1.70. The Morgan fingerprint density at radius 2 is 2.39 bits per heavy atom. The van der Waals surface area contributed by atoms with E-state index in [9.17, 15) is 4.79 Å². The Labute approximate surface area is 167 Å². The number of amides is 1. The molecule has 0 bridgehead atoms. The van der Waals surface area contributed by atoms with Crippen LogP contribution in [0.2, 0.25) is 0 Å². The van der Waals surface area contributed by atoms with E-state index in [1.165, 1.54) is 6.08 Å². The highest BCUT2D eigenvalue weighted by molar-refractivity contribution is 8.00. The number of anilines is 2. The normalized spacial score (nSPS) is 17.0. The van der Waals surface area contributed by atoms with E-state index in [1.54, 1.807) is 18.0 Å². The molecule has 1 atom stereocenters. The summed E-state index contributed by atoms with van der Waals surface area (Å²) in [5, 5.41) is 9.71. The van der Waals surface area contributed by atoms with E-state index in [4.69, 9.17) is 4.98 Å². The van der Waals surface area contributed by atoms with Crippen LogP contribution in [0.1, 0.15) is 19.8 Å². The molecule has 0 unspecified atom stereocenters. The number of aryl methyl sites for hydroxylation is 1. The van der Waals surface area contributed by atoms with E-state index in [-0.39, 0.29) is 5.91 Å². The van der Waals surface area contributed by atoms with Gasteiger partial charge in [-0.3, -0.25) is 9.48 Å². The number of hydrogen-bond acceptors (Lipinski definition) is 6. The predicted molar refractivity (Wildman–Crippen MR) is 111 cm³/mol. The smallest absolute Gasteiger partial charge is 0.245 e. The van der Waals surface area contributed by atoms with Crippen LogP contribution in [0, 0.1) is 0 Å². The fourth-order valence-electron chi connectivity index (χ4n) is 3.31. The van der Waals surface area contributed by atoms with Crippen LogP contribution >= 0.6 is 11.8 Å². The van der Waals surface area contributed by atoms with Crippen molar-refractivity contribution in [1.82, 2.24) is 29.6 Å². The van der Waals surface area contributed by atoms with Gasteiger partial charge in [0.05, 0.1) is 17.3 Å². The number of nitrogens with one attached hydrogen (secondary N) is 2. The first kappa shape index (κ1) is 18.5. The molecule has 0 radical (unpaired) electrons. The zero-order valence-electron chi connectivity index (χ0n) is 15.8. The number of hydrogen-bond donors (Lipinski definition) is 2. The van der Waals surface area contributed by atoms with Gasteiger partial charge in [-0.1, -0.05) is 6.58 Å². The monoisotopic (exact) mass is 397 g/mol. The lowest BCUT2D eigenvalue weighted by Gasteiger charge is -2.31. The van der Waals surface area contributed by atoms with Crippen molar-refractivity contribution in [3.8, 4) is 0 Å². The number of aromatic amines is 1. The van der Waals surface area contributed by atoms with Crippen LogP contribution in [-0.2, 0) is 11.3 Å². The highest BCUT2D eigenvalue weighted by Crippen LogP contribution is 2.33. The fraction of sp³-hybridized carbons (Fsp3) is 0.368. The van der Waals surface area contributed by atoms with E-state index in [0.717, 1.165) is 47.7 Å². The summed E-state index contributed by atoms with van der Waals surface area (Å²) in [7, 11) is 0. The molecule has 3 aromatic rings. The van der Waals surface area contributed by atoms with Crippen molar-refractivity contribution in [3.05, 3.63) is 37.3 Å². The number of rotatable bonds is 6. The van der Waals surface area contributed by atoms with E-state index in [0.29, 0.717) is 17.7 Å². The Morgan fingerprint density at radius 1 is 1.50 bits per heavy atom. The topological polar surface area (TPSA) is 91.7 Å². The first-order chi connectivity index (χ1) is 13.7. The molecule has 1 saturated heterocycles. The van der Waals surface area contributed by atoms with E-state index >= 15 is 0 Å². The predicted octanol–water partition coefficient (Wildman–Crippen LogP) is 3.19. The van der Waals surface area contributed by atoms with Crippen LogP contribution in [0.15, 0.2) is 42.3 Å². The van der Waals surface area contributed by atoms with Crippen molar-refractivity contribution in [2.24, 2.45) is 0 Å². The van der Waals surface area contributed by atoms with Gasteiger partial charge in [-0.25, -0.2) is 4.98 Å². The molecule has 0 aliphatic carbocycles. The Hall–Kier alpha value is -2.81. The Kier molecular flexibility index (Phi) is 5.34. The third kappa shape index (κ3) is 3.89. The largest absolute Gasteiger partial charge is 0.346 e. The molecule has 1 amide bonds. The second-order valence-electron chi connectivity index (χ2n) is 6.67. The number of piperidine rings is 1. The molecule has 4 rings (SSSR count). The Morgan fingerprint density at radius 3 is 3.18 bits per heavy atom. The van der Waals surface area contributed by atoms with Crippen LogP contribution in [0.4, 0.5) is 11.6 Å². The molecule has 1 fully saturated rings. The quantitative estimate of drug-likeness (QED) is 0.490. The van der Waals surface area contributed by atoms with Crippen molar-refractivity contribution in [2.75, 3.05) is 18.4 Å². The van der Waals surface area contributed by atoms with Gasteiger partial charge in [0.1, 0.15) is 10.7 Å². The van der Waals surface area contributed by atoms with Crippen LogP contribution in [0.5, 0.6) is 0 Å². The highest BCUT2D eigenvalue weighted by Gasteiger charge is 2.24. The van der Waals surface area contributed by atoms with Gasteiger partial charge in [-0.15, -0.1) is 11.8 Å². The van der Waals surface area contributed by atoms with Gasteiger partial charge in [-0.05, 0) is 31.9 Å². The van der Waals surface area contributed by atoms with E-state index in [2.05, 4.69) is 27.0 Å². The maximum atomic E-state index is 12.0. The molecular formula is C19H23N7OS. The molecular weight excluding hydrogens is 374 g/mol. The van der Waals surface area contributed by atoms with Crippen LogP contribution in [-0.4, -0.2) is 53.9 Å². The molecule has 8 nitrogen and oxygen atoms in total. The molecule has 4 heterocycles. The maximum absolute atomic E-state index is 12.0. The van der Waals surface area contributed by atoms with Crippen molar-refractivity contribution in [2.45, 2.75) is 36.6 Å². The molecule has 1 aliphatic heterocycles. The maximum Gasteiger partial charge on any atom is 0.245 e. The molecule has 0 saturated carbocycles. The van der Waals surface area contributed by atoms with Crippen LogP contribution < -0.4 is 5.32 Å². The molecule has 0 spiro atoms. The number of H-pyrrole nitrogens is 1. The molecule has 9 heteroatoms.